The summed E-state index contributed by atoms with van der Waals surface area (Å²) in [6.07, 6.45) is 0.555. The zero-order valence-corrected chi connectivity index (χ0v) is 19.2. The minimum atomic E-state index is -1.76. The van der Waals surface area contributed by atoms with Gasteiger partial charge in [0, 0.05) is 30.2 Å². The fourth-order valence-corrected chi connectivity index (χ4v) is 5.04. The number of amides is 2. The Morgan fingerprint density at radius 2 is 1.79 bits per heavy atom. The lowest BCUT2D eigenvalue weighted by Crippen LogP contribution is -2.54. The minimum absolute atomic E-state index is 0.0371. The number of Topliss-reactive ketones (excluding diaryl/α,β-unsaturated/α-hetero) is 1. The first kappa shape index (κ1) is 21.9. The zero-order valence-electron chi connectivity index (χ0n) is 19.2. The summed E-state index contributed by atoms with van der Waals surface area (Å²) >= 11 is 0. The van der Waals surface area contributed by atoms with Gasteiger partial charge in [0.25, 0.3) is 11.8 Å². The monoisotopic (exact) mass is 459 g/mol. The molecular weight excluding hydrogens is 434 g/mol. The summed E-state index contributed by atoms with van der Waals surface area (Å²) in [5, 5.41) is 11.8. The number of benzene rings is 2. The number of carbonyl (C=O) groups excluding carboxylic acids is 3. The lowest BCUT2D eigenvalue weighted by Gasteiger charge is -2.35. The van der Waals surface area contributed by atoms with E-state index in [1.54, 1.807) is 55.6 Å². The first-order valence-electron chi connectivity index (χ1n) is 11.1. The van der Waals surface area contributed by atoms with E-state index in [4.69, 9.17) is 4.42 Å². The number of carbonyl (C=O) groups is 3. The second-order valence-corrected chi connectivity index (χ2v) is 8.91. The summed E-state index contributed by atoms with van der Waals surface area (Å²) in [7, 11) is 5.44. The molecule has 0 fully saturated rings. The second-order valence-electron chi connectivity index (χ2n) is 8.91. The van der Waals surface area contributed by atoms with E-state index in [1.807, 2.05) is 25.1 Å². The first-order valence-corrected chi connectivity index (χ1v) is 11.1. The molecule has 1 aromatic heterocycles. The Balaban J connectivity index is 1.70. The molecule has 8 heteroatoms. The van der Waals surface area contributed by atoms with Crippen molar-refractivity contribution in [3.63, 3.8) is 0 Å². The van der Waals surface area contributed by atoms with Crippen molar-refractivity contribution in [3.8, 4) is 0 Å². The SMILES string of the molecule is CN(C)CCCN1C(=O)C(O)=C(C(=O)c2cc3ccccc3o2)C12C(=O)N(C)c1ccccc12. The first-order chi connectivity index (χ1) is 16.3. The van der Waals surface area contributed by atoms with Gasteiger partial charge in [0.1, 0.15) is 5.58 Å². The Kier molecular flexibility index (Phi) is 5.06. The van der Waals surface area contributed by atoms with Crippen LogP contribution in [0, 0.1) is 0 Å². The summed E-state index contributed by atoms with van der Waals surface area (Å²) in [5.74, 6) is -2.64. The standard InChI is InChI=1S/C26H25N3O5/c1-27(2)13-8-14-29-24(32)23(31)21(22(30)20-15-16-9-4-7-12-19(16)34-20)26(29)17-10-5-6-11-18(17)28(3)25(26)33/h4-7,9-12,15,31H,8,13-14H2,1-3H3. The van der Waals surface area contributed by atoms with Crippen LogP contribution in [0.25, 0.3) is 11.0 Å². The Morgan fingerprint density at radius 1 is 1.09 bits per heavy atom. The van der Waals surface area contributed by atoms with Gasteiger partial charge in [-0.15, -0.1) is 0 Å². The second kappa shape index (κ2) is 7.85. The predicted octanol–water partition coefficient (Wildman–Crippen LogP) is 3.09. The Hall–Kier alpha value is -3.91. The third kappa shape index (κ3) is 2.92. The van der Waals surface area contributed by atoms with Crippen molar-refractivity contribution < 1.29 is 23.9 Å². The fraction of sp³-hybridized carbons (Fsp3) is 0.269. The number of para-hydroxylation sites is 2. The topological polar surface area (TPSA) is 94.3 Å². The number of hydrogen-bond donors (Lipinski definition) is 1. The third-order valence-electron chi connectivity index (χ3n) is 6.58. The molecule has 0 aliphatic carbocycles. The Morgan fingerprint density at radius 3 is 2.53 bits per heavy atom. The van der Waals surface area contributed by atoms with Crippen molar-refractivity contribution >= 4 is 34.3 Å². The van der Waals surface area contributed by atoms with Gasteiger partial charge in [0.15, 0.2) is 17.1 Å². The number of likely N-dealkylation sites (N-methyl/N-ethyl adjacent to an activating group) is 1. The van der Waals surface area contributed by atoms with Gasteiger partial charge in [-0.1, -0.05) is 36.4 Å². The highest BCUT2D eigenvalue weighted by atomic mass is 16.3. The van der Waals surface area contributed by atoms with Crippen LogP contribution in [0.2, 0.25) is 0 Å². The van der Waals surface area contributed by atoms with Crippen LogP contribution >= 0.6 is 0 Å². The highest BCUT2D eigenvalue weighted by molar-refractivity contribution is 6.26. The van der Waals surface area contributed by atoms with E-state index < -0.39 is 28.9 Å². The van der Waals surface area contributed by atoms with Gasteiger partial charge >= 0.3 is 0 Å². The van der Waals surface area contributed by atoms with Crippen LogP contribution in [-0.4, -0.2) is 66.7 Å². The van der Waals surface area contributed by atoms with Gasteiger partial charge < -0.3 is 24.2 Å². The van der Waals surface area contributed by atoms with Crippen molar-refractivity contribution in [2.75, 3.05) is 39.1 Å². The average molecular weight is 460 g/mol. The molecule has 1 N–H and O–H groups in total. The molecule has 34 heavy (non-hydrogen) atoms. The number of rotatable bonds is 6. The number of aliphatic hydroxyl groups is 1. The van der Waals surface area contributed by atoms with E-state index in [0.717, 1.165) is 0 Å². The number of furan rings is 1. The molecular formula is C26H25N3O5. The normalized spacial score (nSPS) is 19.9. The molecule has 3 heterocycles. The maximum absolute atomic E-state index is 13.9. The van der Waals surface area contributed by atoms with Crippen molar-refractivity contribution in [2.24, 2.45) is 0 Å². The van der Waals surface area contributed by atoms with Gasteiger partial charge in [-0.05, 0) is 45.3 Å². The van der Waals surface area contributed by atoms with Crippen molar-refractivity contribution in [1.29, 1.82) is 0 Å². The van der Waals surface area contributed by atoms with Crippen LogP contribution in [0.3, 0.4) is 0 Å². The van der Waals surface area contributed by atoms with Gasteiger partial charge in [-0.25, -0.2) is 0 Å². The van der Waals surface area contributed by atoms with Crippen LogP contribution in [0.4, 0.5) is 5.69 Å². The average Bonchev–Trinajstić information content (AvgIpc) is 3.42. The molecule has 2 aliphatic rings. The molecule has 1 atom stereocenters. The van der Waals surface area contributed by atoms with Gasteiger partial charge in [-0.3, -0.25) is 14.4 Å². The van der Waals surface area contributed by atoms with Crippen LogP contribution in [0.5, 0.6) is 0 Å². The number of nitrogens with zero attached hydrogens (tertiary/aromatic N) is 3. The van der Waals surface area contributed by atoms with Gasteiger partial charge in [0.05, 0.1) is 5.57 Å². The lowest BCUT2D eigenvalue weighted by molar-refractivity contribution is -0.139. The largest absolute Gasteiger partial charge is 0.503 e. The predicted molar refractivity (Wildman–Crippen MR) is 127 cm³/mol. The van der Waals surface area contributed by atoms with E-state index in [-0.39, 0.29) is 17.9 Å². The van der Waals surface area contributed by atoms with Crippen LogP contribution in [0.1, 0.15) is 22.5 Å². The lowest BCUT2D eigenvalue weighted by atomic mass is 9.81. The fourth-order valence-electron chi connectivity index (χ4n) is 5.04. The molecule has 0 radical (unpaired) electrons. The van der Waals surface area contributed by atoms with Crippen LogP contribution in [-0.2, 0) is 15.1 Å². The van der Waals surface area contributed by atoms with Gasteiger partial charge in [-0.2, -0.15) is 0 Å². The van der Waals surface area contributed by atoms with Crippen molar-refractivity contribution in [1.82, 2.24) is 9.80 Å². The Bertz CT molecular complexity index is 1340. The number of ketones is 1. The summed E-state index contributed by atoms with van der Waals surface area (Å²) in [5.41, 5.74) is -0.438. The molecule has 174 valence electrons. The van der Waals surface area contributed by atoms with E-state index in [9.17, 15) is 19.5 Å². The number of aliphatic hydroxyl groups excluding tert-OH is 1. The maximum Gasteiger partial charge on any atom is 0.290 e. The molecule has 0 bridgehead atoms. The molecule has 0 saturated carbocycles. The summed E-state index contributed by atoms with van der Waals surface area (Å²) in [6.45, 7) is 0.852. The molecule has 2 aromatic carbocycles. The van der Waals surface area contributed by atoms with E-state index in [0.29, 0.717) is 35.2 Å². The Labute approximate surface area is 196 Å². The smallest absolute Gasteiger partial charge is 0.290 e. The summed E-state index contributed by atoms with van der Waals surface area (Å²) in [6, 6.07) is 15.8. The highest BCUT2D eigenvalue weighted by Gasteiger charge is 2.65. The van der Waals surface area contributed by atoms with Crippen molar-refractivity contribution in [3.05, 3.63) is 77.3 Å². The number of anilines is 1. The van der Waals surface area contributed by atoms with E-state index >= 15 is 0 Å². The van der Waals surface area contributed by atoms with Gasteiger partial charge in [0.2, 0.25) is 5.78 Å². The molecule has 1 unspecified atom stereocenters. The quantitative estimate of drug-likeness (QED) is 0.570. The molecule has 5 rings (SSSR count). The third-order valence-corrected chi connectivity index (χ3v) is 6.58. The zero-order chi connectivity index (χ0) is 24.2. The molecule has 2 aliphatic heterocycles. The maximum atomic E-state index is 13.9. The molecule has 0 saturated heterocycles. The summed E-state index contributed by atoms with van der Waals surface area (Å²) < 4.78 is 5.77. The minimum Gasteiger partial charge on any atom is -0.503 e. The molecule has 2 amide bonds. The summed E-state index contributed by atoms with van der Waals surface area (Å²) in [4.78, 5) is 45.9. The molecule has 8 nitrogen and oxygen atoms in total. The number of hydrogen-bond acceptors (Lipinski definition) is 6. The highest BCUT2D eigenvalue weighted by Crippen LogP contribution is 2.53. The van der Waals surface area contributed by atoms with E-state index in [1.165, 1.54) is 9.80 Å². The van der Waals surface area contributed by atoms with E-state index in [2.05, 4.69) is 0 Å². The molecule has 1 spiro atoms. The van der Waals surface area contributed by atoms with Crippen LogP contribution < -0.4 is 4.90 Å². The number of fused-ring (bicyclic) bond motifs is 3. The van der Waals surface area contributed by atoms with Crippen molar-refractivity contribution in [2.45, 2.75) is 12.0 Å². The molecule has 3 aromatic rings. The van der Waals surface area contributed by atoms with Crippen LogP contribution in [0.15, 0.2) is 70.3 Å².